The van der Waals surface area contributed by atoms with Gasteiger partial charge in [-0.25, -0.2) is 9.97 Å². The van der Waals surface area contributed by atoms with Gasteiger partial charge in [-0.15, -0.1) is 0 Å². The zero-order valence-electron chi connectivity index (χ0n) is 17.2. The Morgan fingerprint density at radius 2 is 2.00 bits per heavy atom. The largest absolute Gasteiger partial charge is 0.354 e. The second-order valence-electron chi connectivity index (χ2n) is 8.32. The zero-order valence-corrected chi connectivity index (χ0v) is 17.2. The second kappa shape index (κ2) is 9.32. The Bertz CT molecular complexity index is 660. The first kappa shape index (κ1) is 20.5. The standard InChI is InChI=1S/C20H32N6O2/c1-15(27)25-8-5-16(6-9-25)10-20(28)23-18-13-26(12-17(18)11-24(2)3)19-4-7-21-14-22-19/h4,7,14,16-18H,5-6,8-13H2,1-3H3,(H,23,28)/t17-,18-/m1/s1. The van der Waals surface area contributed by atoms with Crippen LogP contribution in [0.3, 0.4) is 0 Å². The van der Waals surface area contributed by atoms with E-state index in [0.29, 0.717) is 18.3 Å². The second-order valence-corrected chi connectivity index (χ2v) is 8.32. The van der Waals surface area contributed by atoms with Crippen LogP contribution in [0.5, 0.6) is 0 Å². The Hall–Kier alpha value is -2.22. The van der Waals surface area contributed by atoms with Crippen LogP contribution in [0.4, 0.5) is 5.82 Å². The number of rotatable bonds is 6. The fraction of sp³-hybridized carbons (Fsp3) is 0.700. The molecular weight excluding hydrogens is 356 g/mol. The van der Waals surface area contributed by atoms with Crippen molar-refractivity contribution in [3.05, 3.63) is 18.6 Å². The van der Waals surface area contributed by atoms with Gasteiger partial charge in [-0.05, 0) is 38.9 Å². The number of carbonyl (C=O) groups excluding carboxylic acids is 2. The molecule has 0 spiro atoms. The molecule has 2 atom stereocenters. The van der Waals surface area contributed by atoms with Gasteiger partial charge in [0.25, 0.3) is 0 Å². The van der Waals surface area contributed by atoms with Gasteiger partial charge in [-0.2, -0.15) is 0 Å². The summed E-state index contributed by atoms with van der Waals surface area (Å²) >= 11 is 0. The number of nitrogens with zero attached hydrogens (tertiary/aromatic N) is 5. The summed E-state index contributed by atoms with van der Waals surface area (Å²) in [5.41, 5.74) is 0. The van der Waals surface area contributed by atoms with E-state index in [0.717, 1.165) is 51.4 Å². The number of hydrogen-bond donors (Lipinski definition) is 1. The maximum absolute atomic E-state index is 12.7. The SMILES string of the molecule is CC(=O)N1CCC(CC(=O)N[C@@H]2CN(c3ccncn3)C[C@H]2CN(C)C)CC1. The van der Waals surface area contributed by atoms with Crippen molar-refractivity contribution in [3.8, 4) is 0 Å². The van der Waals surface area contributed by atoms with Gasteiger partial charge in [0.1, 0.15) is 12.1 Å². The monoisotopic (exact) mass is 388 g/mol. The Balaban J connectivity index is 1.54. The van der Waals surface area contributed by atoms with Crippen molar-refractivity contribution in [1.82, 2.24) is 25.1 Å². The topological polar surface area (TPSA) is 81.7 Å². The molecule has 1 aromatic rings. The fourth-order valence-electron chi connectivity index (χ4n) is 4.33. The van der Waals surface area contributed by atoms with Crippen molar-refractivity contribution in [1.29, 1.82) is 0 Å². The molecular formula is C20H32N6O2. The molecule has 3 rings (SSSR count). The Morgan fingerprint density at radius 3 is 2.61 bits per heavy atom. The number of hydrogen-bond acceptors (Lipinski definition) is 6. The van der Waals surface area contributed by atoms with Crippen LogP contribution in [0.2, 0.25) is 0 Å². The van der Waals surface area contributed by atoms with Crippen molar-refractivity contribution < 1.29 is 9.59 Å². The molecule has 2 fully saturated rings. The highest BCUT2D eigenvalue weighted by Gasteiger charge is 2.35. The highest BCUT2D eigenvalue weighted by atomic mass is 16.2. The van der Waals surface area contributed by atoms with Crippen molar-refractivity contribution in [2.45, 2.75) is 32.2 Å². The number of amides is 2. The number of carbonyl (C=O) groups is 2. The summed E-state index contributed by atoms with van der Waals surface area (Å²) < 4.78 is 0. The molecule has 2 saturated heterocycles. The third-order valence-corrected chi connectivity index (χ3v) is 5.81. The van der Waals surface area contributed by atoms with E-state index in [1.165, 1.54) is 0 Å². The van der Waals surface area contributed by atoms with E-state index < -0.39 is 0 Å². The van der Waals surface area contributed by atoms with Crippen molar-refractivity contribution in [2.24, 2.45) is 11.8 Å². The van der Waals surface area contributed by atoms with Crippen LogP contribution >= 0.6 is 0 Å². The van der Waals surface area contributed by atoms with E-state index in [9.17, 15) is 9.59 Å². The molecule has 0 aromatic carbocycles. The number of anilines is 1. The molecule has 0 bridgehead atoms. The molecule has 0 aliphatic carbocycles. The van der Waals surface area contributed by atoms with Crippen molar-refractivity contribution >= 4 is 17.6 Å². The predicted octanol–water partition coefficient (Wildman–Crippen LogP) is 0.608. The number of piperidine rings is 1. The summed E-state index contributed by atoms with van der Waals surface area (Å²) in [4.78, 5) is 38.8. The maximum Gasteiger partial charge on any atom is 0.220 e. The van der Waals surface area contributed by atoms with Crippen LogP contribution in [-0.2, 0) is 9.59 Å². The maximum atomic E-state index is 12.7. The molecule has 1 aromatic heterocycles. The van der Waals surface area contributed by atoms with Crippen molar-refractivity contribution in [3.63, 3.8) is 0 Å². The average Bonchev–Trinajstić information content (AvgIpc) is 3.04. The molecule has 2 aliphatic rings. The molecule has 2 aliphatic heterocycles. The van der Waals surface area contributed by atoms with Crippen LogP contribution in [-0.4, -0.2) is 84.4 Å². The molecule has 1 N–H and O–H groups in total. The molecule has 2 amide bonds. The normalized spacial score (nSPS) is 23.3. The summed E-state index contributed by atoms with van der Waals surface area (Å²) in [7, 11) is 4.13. The summed E-state index contributed by atoms with van der Waals surface area (Å²) in [6, 6.07) is 2.03. The minimum absolute atomic E-state index is 0.113. The first-order chi connectivity index (χ1) is 13.4. The minimum atomic E-state index is 0.113. The van der Waals surface area contributed by atoms with Crippen LogP contribution in [0.15, 0.2) is 18.6 Å². The smallest absolute Gasteiger partial charge is 0.220 e. The van der Waals surface area contributed by atoms with Crippen LogP contribution in [0, 0.1) is 11.8 Å². The summed E-state index contributed by atoms with van der Waals surface area (Å²) in [5, 5.41) is 3.28. The van der Waals surface area contributed by atoms with Crippen LogP contribution in [0.25, 0.3) is 0 Å². The van der Waals surface area contributed by atoms with Crippen molar-refractivity contribution in [2.75, 3.05) is 51.7 Å². The van der Waals surface area contributed by atoms with Gasteiger partial charge in [0.2, 0.25) is 11.8 Å². The summed E-state index contributed by atoms with van der Waals surface area (Å²) in [5.74, 6) is 1.88. The zero-order chi connectivity index (χ0) is 20.1. The molecule has 28 heavy (non-hydrogen) atoms. The van der Waals surface area contributed by atoms with E-state index in [2.05, 4.69) is 39.2 Å². The average molecular weight is 389 g/mol. The van der Waals surface area contributed by atoms with Gasteiger partial charge in [-0.1, -0.05) is 0 Å². The Labute approximate surface area is 167 Å². The summed E-state index contributed by atoms with van der Waals surface area (Å²) in [6.07, 6.45) is 5.68. The lowest BCUT2D eigenvalue weighted by atomic mass is 9.92. The third-order valence-electron chi connectivity index (χ3n) is 5.81. The predicted molar refractivity (Wildman–Crippen MR) is 108 cm³/mol. The van der Waals surface area contributed by atoms with E-state index in [1.807, 2.05) is 11.0 Å². The Morgan fingerprint density at radius 1 is 1.25 bits per heavy atom. The highest BCUT2D eigenvalue weighted by Crippen LogP contribution is 2.24. The van der Waals surface area contributed by atoms with E-state index >= 15 is 0 Å². The quantitative estimate of drug-likeness (QED) is 0.769. The van der Waals surface area contributed by atoms with Gasteiger partial charge >= 0.3 is 0 Å². The van der Waals surface area contributed by atoms with Gasteiger partial charge < -0.3 is 20.0 Å². The molecule has 3 heterocycles. The van der Waals surface area contributed by atoms with E-state index in [-0.39, 0.29) is 17.9 Å². The van der Waals surface area contributed by atoms with E-state index in [4.69, 9.17) is 0 Å². The first-order valence-corrected chi connectivity index (χ1v) is 10.1. The molecule has 154 valence electrons. The molecule has 8 nitrogen and oxygen atoms in total. The molecule has 8 heteroatoms. The number of nitrogens with one attached hydrogen (secondary N) is 1. The molecule has 0 radical (unpaired) electrons. The Kier molecular flexibility index (Phi) is 6.83. The van der Waals surface area contributed by atoms with Crippen LogP contribution in [0.1, 0.15) is 26.2 Å². The molecule has 0 saturated carbocycles. The van der Waals surface area contributed by atoms with Gasteiger partial charge in [0.15, 0.2) is 0 Å². The van der Waals surface area contributed by atoms with Crippen LogP contribution < -0.4 is 10.2 Å². The lowest BCUT2D eigenvalue weighted by molar-refractivity contribution is -0.130. The highest BCUT2D eigenvalue weighted by molar-refractivity contribution is 5.77. The number of aromatic nitrogens is 2. The van der Waals surface area contributed by atoms with Gasteiger partial charge in [0.05, 0.1) is 6.04 Å². The lowest BCUT2D eigenvalue weighted by Crippen LogP contribution is -2.44. The van der Waals surface area contributed by atoms with E-state index in [1.54, 1.807) is 19.4 Å². The first-order valence-electron chi connectivity index (χ1n) is 10.1. The fourth-order valence-corrected chi connectivity index (χ4v) is 4.33. The van der Waals surface area contributed by atoms with Gasteiger partial charge in [-0.3, -0.25) is 9.59 Å². The summed E-state index contributed by atoms with van der Waals surface area (Å²) in [6.45, 7) is 5.70. The minimum Gasteiger partial charge on any atom is -0.354 e. The number of likely N-dealkylation sites (tertiary alicyclic amines) is 1. The van der Waals surface area contributed by atoms with Gasteiger partial charge in [0, 0.05) is 58.2 Å². The third kappa shape index (κ3) is 5.41. The lowest BCUT2D eigenvalue weighted by Gasteiger charge is -2.31. The molecule has 0 unspecified atom stereocenters.